The van der Waals surface area contributed by atoms with E-state index < -0.39 is 11.7 Å². The summed E-state index contributed by atoms with van der Waals surface area (Å²) in [6.07, 6.45) is -2.37. The van der Waals surface area contributed by atoms with E-state index in [0.717, 1.165) is 12.2 Å². The molecule has 76 valence electrons. The average Bonchev–Trinajstić information content (AvgIpc) is 2.06. The molecule has 0 atom stereocenters. The Morgan fingerprint density at radius 2 is 1.46 bits per heavy atom. The zero-order valence-corrected chi connectivity index (χ0v) is 8.20. The molecule has 0 spiro atoms. The molecule has 0 N–H and O–H groups in total. The van der Waals surface area contributed by atoms with Crippen molar-refractivity contribution in [2.75, 3.05) is 0 Å². The molecule has 0 saturated carbocycles. The number of halogens is 3. The maximum atomic E-state index is 12.0. The Hall–Kier alpha value is -0.990. The van der Waals surface area contributed by atoms with Gasteiger partial charge in [0.05, 0.1) is 5.57 Å². The lowest BCUT2D eigenvalue weighted by atomic mass is 10.1. The molecular weight excluding hydrogens is 177 g/mol. The van der Waals surface area contributed by atoms with Crippen LogP contribution in [0.3, 0.4) is 0 Å². The van der Waals surface area contributed by atoms with Crippen molar-refractivity contribution in [1.29, 1.82) is 0 Å². The first-order valence-electron chi connectivity index (χ1n) is 3.96. The maximum Gasteiger partial charge on any atom is 0.416 e. The second-order valence-corrected chi connectivity index (χ2v) is 2.00. The van der Waals surface area contributed by atoms with Gasteiger partial charge >= 0.3 is 6.18 Å². The van der Waals surface area contributed by atoms with Crippen LogP contribution in [0, 0.1) is 0 Å². The minimum Gasteiger partial charge on any atom is -0.166 e. The average molecular weight is 192 g/mol. The minimum absolute atomic E-state index is 0.0903. The van der Waals surface area contributed by atoms with Crippen molar-refractivity contribution in [1.82, 2.24) is 0 Å². The fourth-order valence-corrected chi connectivity index (χ4v) is 0.610. The lowest BCUT2D eigenvalue weighted by Crippen LogP contribution is -2.11. The Balaban J connectivity index is 0. The number of alkyl halides is 3. The summed E-state index contributed by atoms with van der Waals surface area (Å²) in [7, 11) is 0. The van der Waals surface area contributed by atoms with Crippen molar-refractivity contribution < 1.29 is 13.2 Å². The first kappa shape index (κ1) is 14.5. The third-order valence-electron chi connectivity index (χ3n) is 1.24. The van der Waals surface area contributed by atoms with E-state index in [0.29, 0.717) is 0 Å². The largest absolute Gasteiger partial charge is 0.416 e. The lowest BCUT2D eigenvalue weighted by Gasteiger charge is -2.08. The molecule has 0 heterocycles. The molecule has 0 unspecified atom stereocenters. The lowest BCUT2D eigenvalue weighted by molar-refractivity contribution is -0.0887. The Morgan fingerprint density at radius 1 is 1.08 bits per heavy atom. The fourth-order valence-electron chi connectivity index (χ4n) is 0.610. The third kappa shape index (κ3) is 5.28. The van der Waals surface area contributed by atoms with Gasteiger partial charge in [-0.05, 0) is 12.5 Å². The van der Waals surface area contributed by atoms with Gasteiger partial charge in [-0.1, -0.05) is 39.2 Å². The maximum absolute atomic E-state index is 12.0. The second-order valence-electron chi connectivity index (χ2n) is 2.00. The van der Waals surface area contributed by atoms with Crippen LogP contribution in [-0.4, -0.2) is 6.18 Å². The topological polar surface area (TPSA) is 0 Å². The zero-order valence-electron chi connectivity index (χ0n) is 8.20. The normalized spacial score (nSPS) is 12.2. The van der Waals surface area contributed by atoms with Crippen LogP contribution in [0.1, 0.15) is 20.8 Å². The van der Waals surface area contributed by atoms with E-state index in [1.54, 1.807) is 0 Å². The highest BCUT2D eigenvalue weighted by molar-refractivity contribution is 5.33. The highest BCUT2D eigenvalue weighted by Crippen LogP contribution is 2.28. The molecule has 0 fully saturated rings. The molecule has 0 aromatic rings. The summed E-state index contributed by atoms with van der Waals surface area (Å²) in [4.78, 5) is 0. The molecule has 0 nitrogen and oxygen atoms in total. The van der Waals surface area contributed by atoms with Crippen LogP contribution in [0.2, 0.25) is 0 Å². The summed E-state index contributed by atoms with van der Waals surface area (Å²) in [5, 5.41) is 0. The second kappa shape index (κ2) is 6.52. The molecular formula is C10H15F3. The first-order valence-corrected chi connectivity index (χ1v) is 3.96. The number of allylic oxidation sites excluding steroid dienone is 4. The molecule has 3 heteroatoms. The van der Waals surface area contributed by atoms with Gasteiger partial charge in [-0.3, -0.25) is 0 Å². The molecule has 0 rings (SSSR count). The van der Waals surface area contributed by atoms with Crippen LogP contribution in [0.25, 0.3) is 0 Å². The SMILES string of the molecule is C=C/C(C)=C(\C=C)C(F)(F)F.CC. The summed E-state index contributed by atoms with van der Waals surface area (Å²) in [6, 6.07) is 0. The predicted molar refractivity (Wildman–Crippen MR) is 50.5 cm³/mol. The van der Waals surface area contributed by atoms with Crippen molar-refractivity contribution in [3.05, 3.63) is 36.5 Å². The van der Waals surface area contributed by atoms with E-state index >= 15 is 0 Å². The number of hydrogen-bond acceptors (Lipinski definition) is 0. The number of rotatable bonds is 2. The van der Waals surface area contributed by atoms with Crippen LogP contribution in [-0.2, 0) is 0 Å². The molecule has 0 saturated heterocycles. The van der Waals surface area contributed by atoms with Gasteiger partial charge in [-0.15, -0.1) is 0 Å². The van der Waals surface area contributed by atoms with Gasteiger partial charge in [-0.2, -0.15) is 13.2 Å². The van der Waals surface area contributed by atoms with E-state index in [9.17, 15) is 13.2 Å². The summed E-state index contributed by atoms with van der Waals surface area (Å²) in [5.74, 6) is 0. The molecule has 0 aliphatic carbocycles. The van der Waals surface area contributed by atoms with E-state index in [1.165, 1.54) is 6.92 Å². The molecule has 0 aliphatic rings. The standard InChI is InChI=1S/C8H9F3.C2H6/c1-4-6(3)7(5-2)8(9,10)11;1-2/h4-5H,1-2H2,3H3;1-2H3/b7-6+;. The van der Waals surface area contributed by atoms with Crippen molar-refractivity contribution in [2.45, 2.75) is 26.9 Å². The molecule has 0 amide bonds. The summed E-state index contributed by atoms with van der Waals surface area (Å²) < 4.78 is 35.9. The van der Waals surface area contributed by atoms with Crippen LogP contribution in [0.4, 0.5) is 13.2 Å². The van der Waals surface area contributed by atoms with Gasteiger partial charge < -0.3 is 0 Å². The molecule has 0 aromatic carbocycles. The fraction of sp³-hybridized carbons (Fsp3) is 0.400. The van der Waals surface area contributed by atoms with Crippen molar-refractivity contribution in [2.24, 2.45) is 0 Å². The van der Waals surface area contributed by atoms with Crippen molar-refractivity contribution in [3.63, 3.8) is 0 Å². The third-order valence-corrected chi connectivity index (χ3v) is 1.24. The minimum atomic E-state index is -4.32. The van der Waals surface area contributed by atoms with Crippen LogP contribution < -0.4 is 0 Å². The van der Waals surface area contributed by atoms with E-state index in [2.05, 4.69) is 13.2 Å². The highest BCUT2D eigenvalue weighted by Gasteiger charge is 2.32. The zero-order chi connectivity index (χ0) is 11.1. The van der Waals surface area contributed by atoms with Crippen molar-refractivity contribution in [3.8, 4) is 0 Å². The summed E-state index contributed by atoms with van der Waals surface area (Å²) in [6.45, 7) is 11.7. The molecule has 0 aliphatic heterocycles. The smallest absolute Gasteiger partial charge is 0.166 e. The van der Waals surface area contributed by atoms with Gasteiger partial charge in [0.15, 0.2) is 0 Å². The van der Waals surface area contributed by atoms with Crippen LogP contribution in [0.5, 0.6) is 0 Å². The van der Waals surface area contributed by atoms with Gasteiger partial charge in [0.25, 0.3) is 0 Å². The van der Waals surface area contributed by atoms with Gasteiger partial charge in [-0.25, -0.2) is 0 Å². The predicted octanol–water partition coefficient (Wildman–Crippen LogP) is 4.26. The number of hydrogen-bond donors (Lipinski definition) is 0. The van der Waals surface area contributed by atoms with Gasteiger partial charge in [0, 0.05) is 0 Å². The van der Waals surface area contributed by atoms with E-state index in [4.69, 9.17) is 0 Å². The molecule has 0 radical (unpaired) electrons. The summed E-state index contributed by atoms with van der Waals surface area (Å²) in [5.41, 5.74) is -0.639. The first-order chi connectivity index (χ1) is 5.93. The van der Waals surface area contributed by atoms with Gasteiger partial charge in [0.2, 0.25) is 0 Å². The molecule has 13 heavy (non-hydrogen) atoms. The molecule has 0 bridgehead atoms. The quantitative estimate of drug-likeness (QED) is 0.573. The Morgan fingerprint density at radius 3 is 1.54 bits per heavy atom. The van der Waals surface area contributed by atoms with Crippen LogP contribution >= 0.6 is 0 Å². The van der Waals surface area contributed by atoms with Crippen molar-refractivity contribution >= 4 is 0 Å². The van der Waals surface area contributed by atoms with Crippen LogP contribution in [0.15, 0.2) is 36.5 Å². The monoisotopic (exact) mass is 192 g/mol. The Labute approximate surface area is 77.5 Å². The summed E-state index contributed by atoms with van der Waals surface area (Å²) >= 11 is 0. The Kier molecular flexibility index (Phi) is 7.28. The van der Waals surface area contributed by atoms with Gasteiger partial charge in [0.1, 0.15) is 0 Å². The Bertz CT molecular complexity index is 197. The molecule has 0 aromatic heterocycles. The highest BCUT2D eigenvalue weighted by atomic mass is 19.4. The van der Waals surface area contributed by atoms with E-state index in [1.807, 2.05) is 13.8 Å². The van der Waals surface area contributed by atoms with E-state index in [-0.39, 0.29) is 5.57 Å².